The lowest BCUT2D eigenvalue weighted by molar-refractivity contribution is 0.163. The Balaban J connectivity index is 0.00000180. The minimum absolute atomic E-state index is 0. The molecule has 1 unspecified atom stereocenters. The molecule has 0 spiro atoms. The van der Waals surface area contributed by atoms with E-state index in [4.69, 9.17) is 28.9 Å². The van der Waals surface area contributed by atoms with E-state index in [2.05, 4.69) is 4.90 Å². The van der Waals surface area contributed by atoms with Gasteiger partial charge in [0.15, 0.2) is 0 Å². The summed E-state index contributed by atoms with van der Waals surface area (Å²) in [6.45, 7) is 3.87. The maximum Gasteiger partial charge on any atom is 0.0465 e. The average Bonchev–Trinajstić information content (AvgIpc) is 2.35. The molecule has 0 radical (unpaired) electrons. The topological polar surface area (TPSA) is 29.3 Å². The zero-order chi connectivity index (χ0) is 13.0. The van der Waals surface area contributed by atoms with Crippen molar-refractivity contribution in [1.82, 2.24) is 4.90 Å². The number of nitrogens with zero attached hydrogens (tertiary/aromatic N) is 1. The first kappa shape index (κ1) is 17.1. The highest BCUT2D eigenvalue weighted by atomic mass is 35.5. The summed E-state index contributed by atoms with van der Waals surface area (Å²) in [5.74, 6) is 0.727. The summed E-state index contributed by atoms with van der Waals surface area (Å²) in [7, 11) is 0. The van der Waals surface area contributed by atoms with Crippen LogP contribution in [0.1, 0.15) is 24.8 Å². The van der Waals surface area contributed by atoms with Crippen LogP contribution in [-0.2, 0) is 6.54 Å². The van der Waals surface area contributed by atoms with Crippen molar-refractivity contribution in [3.8, 4) is 0 Å². The van der Waals surface area contributed by atoms with Crippen LogP contribution >= 0.6 is 35.6 Å². The molecular formula is C14H21Cl3N2. The zero-order valence-electron chi connectivity index (χ0n) is 10.9. The number of halogens is 3. The average molecular weight is 324 g/mol. The van der Waals surface area contributed by atoms with Gasteiger partial charge in [-0.2, -0.15) is 0 Å². The number of benzene rings is 1. The summed E-state index contributed by atoms with van der Waals surface area (Å²) in [6.07, 6.45) is 3.66. The number of piperidine rings is 1. The van der Waals surface area contributed by atoms with E-state index in [-0.39, 0.29) is 12.4 Å². The van der Waals surface area contributed by atoms with E-state index in [9.17, 15) is 0 Å². The smallest absolute Gasteiger partial charge is 0.0465 e. The fraction of sp³-hybridized carbons (Fsp3) is 0.571. The van der Waals surface area contributed by atoms with Crippen LogP contribution in [-0.4, -0.2) is 24.5 Å². The van der Waals surface area contributed by atoms with Crippen molar-refractivity contribution < 1.29 is 0 Å². The van der Waals surface area contributed by atoms with Crippen molar-refractivity contribution in [2.24, 2.45) is 11.7 Å². The van der Waals surface area contributed by atoms with Gasteiger partial charge in [0, 0.05) is 28.7 Å². The van der Waals surface area contributed by atoms with Crippen LogP contribution in [0.25, 0.3) is 0 Å². The largest absolute Gasteiger partial charge is 0.330 e. The Hall–Kier alpha value is 0.01000. The Bertz CT molecular complexity index is 376. The van der Waals surface area contributed by atoms with Crippen LogP contribution in [0, 0.1) is 5.92 Å². The molecule has 0 saturated carbocycles. The Morgan fingerprint density at radius 3 is 2.58 bits per heavy atom. The van der Waals surface area contributed by atoms with Gasteiger partial charge in [-0.1, -0.05) is 29.3 Å². The molecule has 0 bridgehead atoms. The van der Waals surface area contributed by atoms with E-state index < -0.39 is 0 Å². The summed E-state index contributed by atoms with van der Waals surface area (Å²) in [4.78, 5) is 2.44. The number of hydrogen-bond acceptors (Lipinski definition) is 2. The molecule has 1 heterocycles. The van der Waals surface area contributed by atoms with E-state index in [0.717, 1.165) is 54.1 Å². The van der Waals surface area contributed by atoms with Gasteiger partial charge in [-0.15, -0.1) is 12.4 Å². The second-order valence-electron chi connectivity index (χ2n) is 5.02. The second kappa shape index (κ2) is 8.33. The quantitative estimate of drug-likeness (QED) is 0.908. The minimum Gasteiger partial charge on any atom is -0.330 e. The van der Waals surface area contributed by atoms with Crippen LogP contribution in [0.5, 0.6) is 0 Å². The highest BCUT2D eigenvalue weighted by Gasteiger charge is 2.20. The molecule has 1 atom stereocenters. The predicted molar refractivity (Wildman–Crippen MR) is 85.4 cm³/mol. The van der Waals surface area contributed by atoms with Crippen LogP contribution in [0.3, 0.4) is 0 Å². The molecule has 108 valence electrons. The van der Waals surface area contributed by atoms with Gasteiger partial charge in [-0.25, -0.2) is 0 Å². The highest BCUT2D eigenvalue weighted by Crippen LogP contribution is 2.28. The first-order chi connectivity index (χ1) is 8.70. The number of hydrogen-bond donors (Lipinski definition) is 1. The van der Waals surface area contributed by atoms with Gasteiger partial charge in [-0.05, 0) is 50.4 Å². The minimum atomic E-state index is 0. The van der Waals surface area contributed by atoms with Crippen molar-refractivity contribution >= 4 is 35.6 Å². The highest BCUT2D eigenvalue weighted by molar-refractivity contribution is 6.35. The van der Waals surface area contributed by atoms with E-state index in [1.807, 2.05) is 18.2 Å². The molecule has 0 aromatic heterocycles. The molecule has 5 heteroatoms. The monoisotopic (exact) mass is 322 g/mol. The van der Waals surface area contributed by atoms with Gasteiger partial charge >= 0.3 is 0 Å². The standard InChI is InChI=1S/C14H20Cl2N2.ClH/c15-13-4-1-5-14(16)12(13)10-18-8-2-3-11(9-18)6-7-17;/h1,4-5,11H,2-3,6-10,17H2;1H. The SMILES string of the molecule is Cl.NCCC1CCCN(Cc2c(Cl)cccc2Cl)C1. The van der Waals surface area contributed by atoms with Crippen molar-refractivity contribution in [3.05, 3.63) is 33.8 Å². The molecular weight excluding hydrogens is 303 g/mol. The predicted octanol–water partition coefficient (Wildman–Crippen LogP) is 3.98. The van der Waals surface area contributed by atoms with E-state index in [0.29, 0.717) is 0 Å². The van der Waals surface area contributed by atoms with Crippen molar-refractivity contribution in [3.63, 3.8) is 0 Å². The lowest BCUT2D eigenvalue weighted by Crippen LogP contribution is -2.35. The molecule has 1 aromatic rings. The van der Waals surface area contributed by atoms with Crippen LogP contribution < -0.4 is 5.73 Å². The summed E-state index contributed by atoms with van der Waals surface area (Å²) in [5, 5.41) is 1.53. The molecule has 1 aliphatic heterocycles. The lowest BCUT2D eigenvalue weighted by Gasteiger charge is -2.33. The molecule has 1 aromatic carbocycles. The molecule has 1 aliphatic rings. The zero-order valence-corrected chi connectivity index (χ0v) is 13.3. The molecule has 1 saturated heterocycles. The van der Waals surface area contributed by atoms with E-state index >= 15 is 0 Å². The number of nitrogens with two attached hydrogens (primary N) is 1. The Kier molecular flexibility index (Phi) is 7.48. The summed E-state index contributed by atoms with van der Waals surface area (Å²) >= 11 is 12.4. The fourth-order valence-electron chi connectivity index (χ4n) is 2.67. The van der Waals surface area contributed by atoms with Crippen LogP contribution in [0.15, 0.2) is 18.2 Å². The van der Waals surface area contributed by atoms with Gasteiger partial charge in [0.25, 0.3) is 0 Å². The fourth-order valence-corrected chi connectivity index (χ4v) is 3.19. The van der Waals surface area contributed by atoms with Gasteiger partial charge in [0.05, 0.1) is 0 Å². The Labute approximate surface area is 131 Å². The van der Waals surface area contributed by atoms with Gasteiger partial charge < -0.3 is 5.73 Å². The van der Waals surface area contributed by atoms with Crippen molar-refractivity contribution in [2.45, 2.75) is 25.8 Å². The molecule has 19 heavy (non-hydrogen) atoms. The summed E-state index contributed by atoms with van der Waals surface area (Å²) < 4.78 is 0. The second-order valence-corrected chi connectivity index (χ2v) is 5.84. The van der Waals surface area contributed by atoms with Crippen LogP contribution in [0.2, 0.25) is 10.0 Å². The lowest BCUT2D eigenvalue weighted by atomic mass is 9.94. The molecule has 2 nitrogen and oxygen atoms in total. The summed E-state index contributed by atoms with van der Waals surface area (Å²) in [5.41, 5.74) is 6.70. The van der Waals surface area contributed by atoms with Gasteiger partial charge in [0.2, 0.25) is 0 Å². The van der Waals surface area contributed by atoms with Crippen molar-refractivity contribution in [1.29, 1.82) is 0 Å². The third-order valence-corrected chi connectivity index (χ3v) is 4.33. The summed E-state index contributed by atoms with van der Waals surface area (Å²) in [6, 6.07) is 5.70. The maximum atomic E-state index is 6.22. The molecule has 2 N–H and O–H groups in total. The maximum absolute atomic E-state index is 6.22. The van der Waals surface area contributed by atoms with Crippen LogP contribution in [0.4, 0.5) is 0 Å². The number of rotatable bonds is 4. The van der Waals surface area contributed by atoms with Crippen molar-refractivity contribution in [2.75, 3.05) is 19.6 Å². The van der Waals surface area contributed by atoms with E-state index in [1.165, 1.54) is 12.8 Å². The van der Waals surface area contributed by atoms with Gasteiger partial charge in [-0.3, -0.25) is 4.90 Å². The number of likely N-dealkylation sites (tertiary alicyclic amines) is 1. The van der Waals surface area contributed by atoms with Gasteiger partial charge in [0.1, 0.15) is 0 Å². The first-order valence-electron chi connectivity index (χ1n) is 6.56. The molecule has 1 fully saturated rings. The third-order valence-electron chi connectivity index (χ3n) is 3.62. The third kappa shape index (κ3) is 4.80. The normalized spacial score (nSPS) is 20.1. The Morgan fingerprint density at radius 1 is 1.26 bits per heavy atom. The first-order valence-corrected chi connectivity index (χ1v) is 7.31. The molecule has 0 aliphatic carbocycles. The Morgan fingerprint density at radius 2 is 1.95 bits per heavy atom. The molecule has 0 amide bonds. The molecule has 2 rings (SSSR count). The van der Waals surface area contributed by atoms with E-state index in [1.54, 1.807) is 0 Å².